The van der Waals surface area contributed by atoms with Gasteiger partial charge in [0.05, 0.1) is 5.92 Å². The second kappa shape index (κ2) is 9.55. The van der Waals surface area contributed by atoms with Crippen LogP contribution in [-0.2, 0) is 20.9 Å². The number of benzene rings is 1. The fourth-order valence-electron chi connectivity index (χ4n) is 2.10. The quantitative estimate of drug-likeness (QED) is 0.607. The standard InChI is InChI=1S/C16H22N2O4/c17-14(19)10-9-13(16(21)22)7-4-8-15(20)18-11-12-5-2-1-3-6-12/h1-3,5-6,13H,4,7-11H2,(H2,17,19)(H,18,20)(H,21,22). The van der Waals surface area contributed by atoms with Crippen molar-refractivity contribution in [2.45, 2.75) is 38.6 Å². The van der Waals surface area contributed by atoms with E-state index in [2.05, 4.69) is 5.32 Å². The molecule has 22 heavy (non-hydrogen) atoms. The highest BCUT2D eigenvalue weighted by atomic mass is 16.4. The molecule has 6 heteroatoms. The summed E-state index contributed by atoms with van der Waals surface area (Å²) >= 11 is 0. The number of hydrogen-bond donors (Lipinski definition) is 3. The maximum absolute atomic E-state index is 11.7. The Morgan fingerprint density at radius 1 is 1.09 bits per heavy atom. The smallest absolute Gasteiger partial charge is 0.306 e. The van der Waals surface area contributed by atoms with Crippen molar-refractivity contribution in [1.29, 1.82) is 0 Å². The Kier molecular flexibility index (Phi) is 7.67. The Bertz CT molecular complexity index is 502. The first-order chi connectivity index (χ1) is 10.5. The average Bonchev–Trinajstić information content (AvgIpc) is 2.49. The van der Waals surface area contributed by atoms with Crippen molar-refractivity contribution in [2.24, 2.45) is 11.7 Å². The number of carbonyl (C=O) groups is 3. The lowest BCUT2D eigenvalue weighted by molar-refractivity contribution is -0.142. The molecule has 1 atom stereocenters. The molecule has 0 radical (unpaired) electrons. The molecule has 0 aromatic heterocycles. The number of nitrogens with one attached hydrogen (secondary N) is 1. The number of primary amides is 1. The van der Waals surface area contributed by atoms with Crippen LogP contribution in [0.4, 0.5) is 0 Å². The minimum atomic E-state index is -0.953. The molecule has 0 aliphatic rings. The predicted octanol–water partition coefficient (Wildman–Crippen LogP) is 1.44. The van der Waals surface area contributed by atoms with Gasteiger partial charge in [0.1, 0.15) is 0 Å². The molecule has 0 aliphatic carbocycles. The lowest BCUT2D eigenvalue weighted by Gasteiger charge is -2.11. The Labute approximate surface area is 129 Å². The largest absolute Gasteiger partial charge is 0.481 e. The van der Waals surface area contributed by atoms with Gasteiger partial charge in [-0.25, -0.2) is 0 Å². The second-order valence-electron chi connectivity index (χ2n) is 5.19. The molecule has 0 saturated carbocycles. The third-order valence-electron chi connectivity index (χ3n) is 3.38. The number of aliphatic carboxylic acids is 1. The van der Waals surface area contributed by atoms with Gasteiger partial charge in [0.15, 0.2) is 0 Å². The summed E-state index contributed by atoms with van der Waals surface area (Å²) in [5.41, 5.74) is 6.03. The summed E-state index contributed by atoms with van der Waals surface area (Å²) in [4.78, 5) is 33.4. The van der Waals surface area contributed by atoms with Crippen molar-refractivity contribution in [3.8, 4) is 0 Å². The molecule has 0 bridgehead atoms. The lowest BCUT2D eigenvalue weighted by Crippen LogP contribution is -2.23. The van der Waals surface area contributed by atoms with Gasteiger partial charge >= 0.3 is 5.97 Å². The molecule has 0 heterocycles. The van der Waals surface area contributed by atoms with Crippen molar-refractivity contribution in [1.82, 2.24) is 5.32 Å². The zero-order valence-electron chi connectivity index (χ0n) is 12.5. The van der Waals surface area contributed by atoms with Gasteiger partial charge in [-0.15, -0.1) is 0 Å². The second-order valence-corrected chi connectivity index (χ2v) is 5.19. The molecule has 2 amide bonds. The van der Waals surface area contributed by atoms with E-state index in [4.69, 9.17) is 10.8 Å². The van der Waals surface area contributed by atoms with E-state index in [9.17, 15) is 14.4 Å². The molecule has 1 unspecified atom stereocenters. The third kappa shape index (κ3) is 7.42. The summed E-state index contributed by atoms with van der Waals surface area (Å²) in [6.07, 6.45) is 1.37. The van der Waals surface area contributed by atoms with Crippen LogP contribution in [0.1, 0.15) is 37.7 Å². The Morgan fingerprint density at radius 3 is 2.36 bits per heavy atom. The minimum absolute atomic E-state index is 0.0527. The summed E-state index contributed by atoms with van der Waals surface area (Å²) < 4.78 is 0. The molecule has 1 rings (SSSR count). The number of rotatable bonds is 10. The summed E-state index contributed by atoms with van der Waals surface area (Å²) in [5.74, 6) is -2.20. The van der Waals surface area contributed by atoms with Gasteiger partial charge in [-0.1, -0.05) is 30.3 Å². The first-order valence-electron chi connectivity index (χ1n) is 7.30. The fraction of sp³-hybridized carbons (Fsp3) is 0.438. The van der Waals surface area contributed by atoms with Crippen LogP contribution < -0.4 is 11.1 Å². The SMILES string of the molecule is NC(=O)CCC(CCCC(=O)NCc1ccccc1)C(=O)O. The summed E-state index contributed by atoms with van der Waals surface area (Å²) in [6, 6.07) is 9.55. The maximum atomic E-state index is 11.7. The van der Waals surface area contributed by atoms with Crippen LogP contribution in [-0.4, -0.2) is 22.9 Å². The molecule has 0 aliphatic heterocycles. The Balaban J connectivity index is 2.24. The molecule has 6 nitrogen and oxygen atoms in total. The van der Waals surface area contributed by atoms with Gasteiger partial charge in [0, 0.05) is 19.4 Å². The number of carboxylic acid groups (broad SMARTS) is 1. The molecule has 4 N–H and O–H groups in total. The van der Waals surface area contributed by atoms with Gasteiger partial charge in [-0.2, -0.15) is 0 Å². The normalized spacial score (nSPS) is 11.6. The number of nitrogens with two attached hydrogens (primary N) is 1. The van der Waals surface area contributed by atoms with Crippen molar-refractivity contribution < 1.29 is 19.5 Å². The van der Waals surface area contributed by atoms with Gasteiger partial charge in [0.25, 0.3) is 0 Å². The molecule has 0 fully saturated rings. The van der Waals surface area contributed by atoms with Crippen LogP contribution in [0, 0.1) is 5.92 Å². The molecular formula is C16H22N2O4. The first-order valence-corrected chi connectivity index (χ1v) is 7.30. The number of amides is 2. The highest BCUT2D eigenvalue weighted by Gasteiger charge is 2.18. The van der Waals surface area contributed by atoms with Gasteiger partial charge < -0.3 is 16.2 Å². The molecule has 1 aromatic carbocycles. The van der Waals surface area contributed by atoms with E-state index in [1.54, 1.807) is 0 Å². The topological polar surface area (TPSA) is 109 Å². The molecule has 120 valence electrons. The van der Waals surface area contributed by atoms with Gasteiger partial charge in [-0.3, -0.25) is 14.4 Å². The summed E-state index contributed by atoms with van der Waals surface area (Å²) in [5, 5.41) is 11.8. The summed E-state index contributed by atoms with van der Waals surface area (Å²) in [7, 11) is 0. The van der Waals surface area contributed by atoms with E-state index in [1.807, 2.05) is 30.3 Å². The molecule has 0 spiro atoms. The maximum Gasteiger partial charge on any atom is 0.306 e. The van der Waals surface area contributed by atoms with Crippen molar-refractivity contribution >= 4 is 17.8 Å². The third-order valence-corrected chi connectivity index (χ3v) is 3.38. The highest BCUT2D eigenvalue weighted by Crippen LogP contribution is 2.15. The van der Waals surface area contributed by atoms with Crippen molar-refractivity contribution in [3.05, 3.63) is 35.9 Å². The van der Waals surface area contributed by atoms with Crippen LogP contribution in [0.15, 0.2) is 30.3 Å². The van der Waals surface area contributed by atoms with Gasteiger partial charge in [-0.05, 0) is 24.8 Å². The summed E-state index contributed by atoms with van der Waals surface area (Å²) in [6.45, 7) is 0.462. The fourth-order valence-corrected chi connectivity index (χ4v) is 2.10. The zero-order valence-corrected chi connectivity index (χ0v) is 12.5. The highest BCUT2D eigenvalue weighted by molar-refractivity contribution is 5.76. The van der Waals surface area contributed by atoms with Crippen LogP contribution in [0.3, 0.4) is 0 Å². The van der Waals surface area contributed by atoms with Crippen molar-refractivity contribution in [3.63, 3.8) is 0 Å². The van der Waals surface area contributed by atoms with Gasteiger partial charge in [0.2, 0.25) is 11.8 Å². The van der Waals surface area contributed by atoms with E-state index in [-0.39, 0.29) is 25.2 Å². The van der Waals surface area contributed by atoms with E-state index >= 15 is 0 Å². The first kappa shape index (κ1) is 17.7. The van der Waals surface area contributed by atoms with Crippen LogP contribution in [0.25, 0.3) is 0 Å². The predicted molar refractivity (Wildman–Crippen MR) is 81.7 cm³/mol. The Morgan fingerprint density at radius 2 is 1.77 bits per heavy atom. The lowest BCUT2D eigenvalue weighted by atomic mass is 9.96. The number of hydrogen-bond acceptors (Lipinski definition) is 3. The zero-order chi connectivity index (χ0) is 16.4. The Hall–Kier alpha value is -2.37. The van der Waals surface area contributed by atoms with Crippen molar-refractivity contribution in [2.75, 3.05) is 0 Å². The number of carbonyl (C=O) groups excluding carboxylic acids is 2. The van der Waals surface area contributed by atoms with E-state index in [0.717, 1.165) is 5.56 Å². The molecule has 0 saturated heterocycles. The van der Waals surface area contributed by atoms with E-state index in [0.29, 0.717) is 19.4 Å². The van der Waals surface area contributed by atoms with Crippen LogP contribution in [0.2, 0.25) is 0 Å². The minimum Gasteiger partial charge on any atom is -0.481 e. The van der Waals surface area contributed by atoms with Crippen LogP contribution >= 0.6 is 0 Å². The van der Waals surface area contributed by atoms with E-state index < -0.39 is 17.8 Å². The van der Waals surface area contributed by atoms with Crippen LogP contribution in [0.5, 0.6) is 0 Å². The number of carboxylic acids is 1. The molecular weight excluding hydrogens is 284 g/mol. The van der Waals surface area contributed by atoms with E-state index in [1.165, 1.54) is 0 Å². The average molecular weight is 306 g/mol. The monoisotopic (exact) mass is 306 g/mol. The molecule has 1 aromatic rings.